The SMILES string of the molecule is Cc1cc(C(=O)N2CCC3(CCCC3)CC2)ccc1NN. The minimum absolute atomic E-state index is 0.162. The fourth-order valence-corrected chi connectivity index (χ4v) is 3.95. The maximum atomic E-state index is 12.6. The molecule has 21 heavy (non-hydrogen) atoms. The van der Waals surface area contributed by atoms with Gasteiger partial charge in [0.25, 0.3) is 5.91 Å². The van der Waals surface area contributed by atoms with Crippen molar-refractivity contribution in [2.45, 2.75) is 45.4 Å². The number of piperidine rings is 1. The second-order valence-electron chi connectivity index (χ2n) is 6.67. The van der Waals surface area contributed by atoms with Gasteiger partial charge in [-0.25, -0.2) is 0 Å². The van der Waals surface area contributed by atoms with Crippen LogP contribution in [-0.4, -0.2) is 23.9 Å². The van der Waals surface area contributed by atoms with Crippen molar-refractivity contribution in [2.24, 2.45) is 11.3 Å². The van der Waals surface area contributed by atoms with Gasteiger partial charge < -0.3 is 10.3 Å². The molecule has 1 aliphatic heterocycles. The smallest absolute Gasteiger partial charge is 0.253 e. The van der Waals surface area contributed by atoms with Gasteiger partial charge in [0, 0.05) is 18.7 Å². The topological polar surface area (TPSA) is 58.4 Å². The third-order valence-electron chi connectivity index (χ3n) is 5.40. The summed E-state index contributed by atoms with van der Waals surface area (Å²) in [5.41, 5.74) is 5.85. The molecule has 1 saturated carbocycles. The Morgan fingerprint density at radius 3 is 2.43 bits per heavy atom. The molecule has 4 nitrogen and oxygen atoms in total. The van der Waals surface area contributed by atoms with Crippen molar-refractivity contribution < 1.29 is 4.79 Å². The molecular weight excluding hydrogens is 262 g/mol. The first kappa shape index (κ1) is 14.4. The quantitative estimate of drug-likeness (QED) is 0.649. The highest BCUT2D eigenvalue weighted by molar-refractivity contribution is 5.95. The second kappa shape index (κ2) is 5.68. The number of nitrogens with one attached hydrogen (secondary N) is 1. The molecule has 1 aromatic carbocycles. The maximum absolute atomic E-state index is 12.6. The number of carbonyl (C=O) groups excluding carboxylic acids is 1. The lowest BCUT2D eigenvalue weighted by molar-refractivity contribution is 0.0587. The van der Waals surface area contributed by atoms with Crippen molar-refractivity contribution in [1.82, 2.24) is 4.90 Å². The molecule has 1 saturated heterocycles. The summed E-state index contributed by atoms with van der Waals surface area (Å²) in [6, 6.07) is 5.67. The Kier molecular flexibility index (Phi) is 3.89. The molecule has 2 aliphatic rings. The monoisotopic (exact) mass is 287 g/mol. The molecule has 1 heterocycles. The van der Waals surface area contributed by atoms with Gasteiger partial charge in [0.05, 0.1) is 5.69 Å². The van der Waals surface area contributed by atoms with E-state index in [1.165, 1.54) is 38.5 Å². The van der Waals surface area contributed by atoms with Crippen molar-refractivity contribution in [1.29, 1.82) is 0 Å². The van der Waals surface area contributed by atoms with Crippen LogP contribution in [0.3, 0.4) is 0 Å². The highest BCUT2D eigenvalue weighted by atomic mass is 16.2. The summed E-state index contributed by atoms with van der Waals surface area (Å²) in [5, 5.41) is 0. The molecule has 0 radical (unpaired) electrons. The Morgan fingerprint density at radius 2 is 1.86 bits per heavy atom. The summed E-state index contributed by atoms with van der Waals surface area (Å²) in [4.78, 5) is 14.7. The van der Waals surface area contributed by atoms with E-state index in [1.807, 2.05) is 30.0 Å². The standard InChI is InChI=1S/C17H25N3O/c1-13-12-14(4-5-15(13)19-18)16(21)20-10-8-17(9-11-20)6-2-3-7-17/h4-5,12,19H,2-3,6-11,18H2,1H3. The van der Waals surface area contributed by atoms with Crippen molar-refractivity contribution in [3.8, 4) is 0 Å². The Balaban J connectivity index is 1.67. The van der Waals surface area contributed by atoms with Gasteiger partial charge in [0.15, 0.2) is 0 Å². The van der Waals surface area contributed by atoms with Crippen LogP contribution in [0.1, 0.15) is 54.4 Å². The summed E-state index contributed by atoms with van der Waals surface area (Å²) in [6.45, 7) is 3.79. The number of anilines is 1. The Labute approximate surface area is 126 Å². The van der Waals surface area contributed by atoms with Gasteiger partial charge in [-0.1, -0.05) is 12.8 Å². The molecular formula is C17H25N3O. The first-order valence-electron chi connectivity index (χ1n) is 8.00. The molecule has 0 unspecified atom stereocenters. The fraction of sp³-hybridized carbons (Fsp3) is 0.588. The van der Waals surface area contributed by atoms with Crippen LogP contribution in [0.25, 0.3) is 0 Å². The van der Waals surface area contributed by atoms with E-state index in [1.54, 1.807) is 0 Å². The molecule has 4 heteroatoms. The maximum Gasteiger partial charge on any atom is 0.253 e. The number of nitrogen functional groups attached to an aromatic ring is 1. The number of rotatable bonds is 2. The third-order valence-corrected chi connectivity index (χ3v) is 5.40. The van der Waals surface area contributed by atoms with Crippen LogP contribution in [0.15, 0.2) is 18.2 Å². The van der Waals surface area contributed by atoms with E-state index < -0.39 is 0 Å². The summed E-state index contributed by atoms with van der Waals surface area (Å²) in [6.07, 6.45) is 7.84. The second-order valence-corrected chi connectivity index (χ2v) is 6.67. The van der Waals surface area contributed by atoms with Crippen molar-refractivity contribution in [3.63, 3.8) is 0 Å². The highest BCUT2D eigenvalue weighted by Crippen LogP contribution is 2.46. The van der Waals surface area contributed by atoms with Gasteiger partial charge in [0.2, 0.25) is 0 Å². The molecule has 1 aromatic rings. The lowest BCUT2D eigenvalue weighted by Crippen LogP contribution is -2.42. The number of aryl methyl sites for hydroxylation is 1. The van der Waals surface area contributed by atoms with E-state index in [9.17, 15) is 4.79 Å². The number of hydrazine groups is 1. The summed E-state index contributed by atoms with van der Waals surface area (Å²) < 4.78 is 0. The van der Waals surface area contributed by atoms with Gasteiger partial charge in [-0.15, -0.1) is 0 Å². The minimum atomic E-state index is 0.162. The van der Waals surface area contributed by atoms with Gasteiger partial charge in [-0.05, 0) is 61.8 Å². The van der Waals surface area contributed by atoms with E-state index in [-0.39, 0.29) is 5.91 Å². The van der Waals surface area contributed by atoms with Gasteiger partial charge in [-0.3, -0.25) is 10.6 Å². The van der Waals surface area contributed by atoms with Crippen LogP contribution < -0.4 is 11.3 Å². The van der Waals surface area contributed by atoms with Crippen LogP contribution >= 0.6 is 0 Å². The number of nitrogens with zero attached hydrogens (tertiary/aromatic N) is 1. The number of benzene rings is 1. The first-order valence-corrected chi connectivity index (χ1v) is 8.00. The van der Waals surface area contributed by atoms with Crippen molar-refractivity contribution >= 4 is 11.6 Å². The third kappa shape index (κ3) is 2.77. The fourth-order valence-electron chi connectivity index (χ4n) is 3.95. The van der Waals surface area contributed by atoms with Crippen LogP contribution in [0, 0.1) is 12.3 Å². The Morgan fingerprint density at radius 1 is 1.19 bits per heavy atom. The zero-order chi connectivity index (χ0) is 14.9. The van der Waals surface area contributed by atoms with Gasteiger partial charge >= 0.3 is 0 Å². The Bertz CT molecular complexity index is 525. The number of amides is 1. The lowest BCUT2D eigenvalue weighted by Gasteiger charge is -2.39. The van der Waals surface area contributed by atoms with E-state index in [0.29, 0.717) is 5.41 Å². The summed E-state index contributed by atoms with van der Waals surface area (Å²) >= 11 is 0. The van der Waals surface area contributed by atoms with Crippen LogP contribution in [0.5, 0.6) is 0 Å². The van der Waals surface area contributed by atoms with Crippen LogP contribution in [-0.2, 0) is 0 Å². The molecule has 3 N–H and O–H groups in total. The highest BCUT2D eigenvalue weighted by Gasteiger charge is 2.38. The van der Waals surface area contributed by atoms with Gasteiger partial charge in [0.1, 0.15) is 0 Å². The average Bonchev–Trinajstić information content (AvgIpc) is 2.95. The predicted molar refractivity (Wildman–Crippen MR) is 85.0 cm³/mol. The molecule has 0 atom stereocenters. The molecule has 1 amide bonds. The summed E-state index contributed by atoms with van der Waals surface area (Å²) in [7, 11) is 0. The molecule has 3 rings (SSSR count). The number of nitrogens with two attached hydrogens (primary N) is 1. The van der Waals surface area contributed by atoms with Crippen molar-refractivity contribution in [3.05, 3.63) is 29.3 Å². The van der Waals surface area contributed by atoms with Crippen molar-refractivity contribution in [2.75, 3.05) is 18.5 Å². The normalized spacial score (nSPS) is 20.8. The minimum Gasteiger partial charge on any atom is -0.339 e. The average molecular weight is 287 g/mol. The zero-order valence-corrected chi connectivity index (χ0v) is 12.8. The largest absolute Gasteiger partial charge is 0.339 e. The molecule has 0 bridgehead atoms. The molecule has 1 spiro atoms. The van der Waals surface area contributed by atoms with Crippen LogP contribution in [0.4, 0.5) is 5.69 Å². The summed E-state index contributed by atoms with van der Waals surface area (Å²) in [5.74, 6) is 5.60. The molecule has 114 valence electrons. The number of hydrogen-bond donors (Lipinski definition) is 2. The Hall–Kier alpha value is -1.55. The van der Waals surface area contributed by atoms with Gasteiger partial charge in [-0.2, -0.15) is 0 Å². The molecule has 1 aliphatic carbocycles. The lowest BCUT2D eigenvalue weighted by atomic mass is 9.77. The molecule has 0 aromatic heterocycles. The van der Waals surface area contributed by atoms with Crippen LogP contribution in [0.2, 0.25) is 0 Å². The van der Waals surface area contributed by atoms with E-state index in [0.717, 1.165) is 29.9 Å². The zero-order valence-electron chi connectivity index (χ0n) is 12.8. The van der Waals surface area contributed by atoms with E-state index in [4.69, 9.17) is 5.84 Å². The molecule has 2 fully saturated rings. The number of hydrogen-bond acceptors (Lipinski definition) is 3. The predicted octanol–water partition coefficient (Wildman–Crippen LogP) is 3.08. The first-order chi connectivity index (χ1) is 10.1. The number of carbonyl (C=O) groups is 1. The van der Waals surface area contributed by atoms with E-state index in [2.05, 4.69) is 5.43 Å². The number of likely N-dealkylation sites (tertiary alicyclic amines) is 1. The van der Waals surface area contributed by atoms with E-state index >= 15 is 0 Å².